The van der Waals surface area contributed by atoms with E-state index < -0.39 is 0 Å². The normalized spacial score (nSPS) is 27.6. The summed E-state index contributed by atoms with van der Waals surface area (Å²) < 4.78 is 0. The Hall–Kier alpha value is -0.810. The van der Waals surface area contributed by atoms with Crippen molar-refractivity contribution in [2.24, 2.45) is 0 Å². The van der Waals surface area contributed by atoms with Gasteiger partial charge in [-0.1, -0.05) is 0 Å². The highest BCUT2D eigenvalue weighted by molar-refractivity contribution is 5.78. The van der Waals surface area contributed by atoms with Gasteiger partial charge in [0.15, 0.2) is 0 Å². The molecule has 1 fully saturated rings. The van der Waals surface area contributed by atoms with Crippen LogP contribution < -0.4 is 0 Å². The van der Waals surface area contributed by atoms with Crippen molar-refractivity contribution < 1.29 is 15.0 Å². The minimum atomic E-state index is -0.266. The van der Waals surface area contributed by atoms with Gasteiger partial charge in [0.25, 0.3) is 0 Å². The van der Waals surface area contributed by atoms with Crippen molar-refractivity contribution in [1.82, 2.24) is 9.80 Å². The largest absolute Gasteiger partial charge is 0.394 e. The molecule has 1 aliphatic heterocycles. The maximum atomic E-state index is 11.7. The predicted molar refractivity (Wildman–Crippen MR) is 51.9 cm³/mol. The molecular formula is C9H18N2O3. The second-order valence-electron chi connectivity index (χ2n) is 3.35. The van der Waals surface area contributed by atoms with E-state index in [4.69, 9.17) is 10.2 Å². The molecule has 2 N–H and O–H groups in total. The van der Waals surface area contributed by atoms with E-state index in [0.29, 0.717) is 13.1 Å². The summed E-state index contributed by atoms with van der Waals surface area (Å²) in [5.74, 6) is 0. The molecule has 0 radical (unpaired) electrons. The van der Waals surface area contributed by atoms with Gasteiger partial charge in [0, 0.05) is 13.1 Å². The molecule has 14 heavy (non-hydrogen) atoms. The van der Waals surface area contributed by atoms with Crippen molar-refractivity contribution in [3.63, 3.8) is 0 Å². The predicted octanol–water partition coefficient (Wildman–Crippen LogP) is -0.514. The number of nitrogens with zero attached hydrogens (tertiary/aromatic N) is 2. The van der Waals surface area contributed by atoms with Crippen molar-refractivity contribution in [1.29, 1.82) is 0 Å². The van der Waals surface area contributed by atoms with E-state index in [9.17, 15) is 4.79 Å². The van der Waals surface area contributed by atoms with Crippen molar-refractivity contribution in [2.75, 3.05) is 26.3 Å². The Kier molecular flexibility index (Phi) is 3.71. The standard InChI is InChI=1S/C9H18N2O3/c1-3-10-7(5-12)8(6-13)11(4-2)9(10)14/h7-8,12-13H,3-6H2,1-2H3/t7-,8-/m1/s1. The summed E-state index contributed by atoms with van der Waals surface area (Å²) in [6.07, 6.45) is 0. The van der Waals surface area contributed by atoms with E-state index in [1.54, 1.807) is 9.80 Å². The third-order valence-electron chi connectivity index (χ3n) is 2.79. The summed E-state index contributed by atoms with van der Waals surface area (Å²) in [6.45, 7) is 4.68. The van der Waals surface area contributed by atoms with E-state index in [1.807, 2.05) is 13.8 Å². The van der Waals surface area contributed by atoms with Crippen LogP contribution in [0.25, 0.3) is 0 Å². The molecule has 82 valence electrons. The van der Waals surface area contributed by atoms with Crippen LogP contribution in [0.5, 0.6) is 0 Å². The first-order valence-electron chi connectivity index (χ1n) is 5.00. The lowest BCUT2D eigenvalue weighted by Crippen LogP contribution is -2.42. The van der Waals surface area contributed by atoms with Crippen molar-refractivity contribution in [2.45, 2.75) is 25.9 Å². The zero-order valence-electron chi connectivity index (χ0n) is 8.68. The van der Waals surface area contributed by atoms with Gasteiger partial charge in [-0.25, -0.2) is 4.79 Å². The fraction of sp³-hybridized carbons (Fsp3) is 0.889. The fourth-order valence-corrected chi connectivity index (χ4v) is 2.04. The second kappa shape index (κ2) is 4.61. The molecule has 1 aliphatic rings. The van der Waals surface area contributed by atoms with Crippen LogP contribution in [0.1, 0.15) is 13.8 Å². The van der Waals surface area contributed by atoms with Crippen molar-refractivity contribution in [3.8, 4) is 0 Å². The Morgan fingerprint density at radius 3 is 1.64 bits per heavy atom. The average molecular weight is 202 g/mol. The lowest BCUT2D eigenvalue weighted by Gasteiger charge is -2.23. The first kappa shape index (κ1) is 11.3. The molecule has 0 aromatic carbocycles. The Bertz CT molecular complexity index is 190. The van der Waals surface area contributed by atoms with Gasteiger partial charge in [-0.05, 0) is 13.8 Å². The molecular weight excluding hydrogens is 184 g/mol. The molecule has 0 bridgehead atoms. The summed E-state index contributed by atoms with van der Waals surface area (Å²) in [5, 5.41) is 18.3. The molecule has 5 nitrogen and oxygen atoms in total. The molecule has 0 unspecified atom stereocenters. The first-order chi connectivity index (χ1) is 6.71. The van der Waals surface area contributed by atoms with Gasteiger partial charge in [-0.3, -0.25) is 0 Å². The van der Waals surface area contributed by atoms with Crippen LogP contribution in [0.4, 0.5) is 4.79 Å². The van der Waals surface area contributed by atoms with E-state index >= 15 is 0 Å². The molecule has 2 amide bonds. The van der Waals surface area contributed by atoms with Crippen LogP contribution in [0.15, 0.2) is 0 Å². The third kappa shape index (κ3) is 1.57. The van der Waals surface area contributed by atoms with Crippen molar-refractivity contribution >= 4 is 6.03 Å². The molecule has 1 rings (SSSR count). The maximum absolute atomic E-state index is 11.7. The maximum Gasteiger partial charge on any atom is 0.320 e. The minimum absolute atomic E-state index is 0.0897. The van der Waals surface area contributed by atoms with E-state index in [1.165, 1.54) is 0 Å². The third-order valence-corrected chi connectivity index (χ3v) is 2.79. The van der Waals surface area contributed by atoms with Gasteiger partial charge < -0.3 is 20.0 Å². The minimum Gasteiger partial charge on any atom is -0.394 e. The topological polar surface area (TPSA) is 64.0 Å². The Morgan fingerprint density at radius 1 is 1.07 bits per heavy atom. The molecule has 0 aromatic heterocycles. The van der Waals surface area contributed by atoms with Crippen LogP contribution in [0.2, 0.25) is 0 Å². The summed E-state index contributed by atoms with van der Waals surface area (Å²) in [5.41, 5.74) is 0. The quantitative estimate of drug-likeness (QED) is 0.645. The van der Waals surface area contributed by atoms with Gasteiger partial charge in [0.05, 0.1) is 25.3 Å². The number of hydrogen-bond acceptors (Lipinski definition) is 3. The smallest absolute Gasteiger partial charge is 0.320 e. The molecule has 5 heteroatoms. The number of hydrogen-bond donors (Lipinski definition) is 2. The summed E-state index contributed by atoms with van der Waals surface area (Å²) >= 11 is 0. The van der Waals surface area contributed by atoms with Crippen LogP contribution in [-0.2, 0) is 0 Å². The Labute approximate surface area is 83.9 Å². The van der Waals surface area contributed by atoms with E-state index in [0.717, 1.165) is 0 Å². The zero-order valence-corrected chi connectivity index (χ0v) is 8.68. The molecule has 0 aliphatic carbocycles. The van der Waals surface area contributed by atoms with Gasteiger partial charge in [0.1, 0.15) is 0 Å². The monoisotopic (exact) mass is 202 g/mol. The molecule has 0 spiro atoms. The van der Waals surface area contributed by atoms with Crippen LogP contribution in [0.3, 0.4) is 0 Å². The van der Waals surface area contributed by atoms with Crippen LogP contribution in [-0.4, -0.2) is 64.4 Å². The molecule has 1 saturated heterocycles. The summed E-state index contributed by atoms with van der Waals surface area (Å²) in [4.78, 5) is 14.9. The van der Waals surface area contributed by atoms with Crippen LogP contribution >= 0.6 is 0 Å². The van der Waals surface area contributed by atoms with Crippen LogP contribution in [0, 0.1) is 0 Å². The number of likely N-dealkylation sites (N-methyl/N-ethyl adjacent to an activating group) is 2. The zero-order chi connectivity index (χ0) is 10.7. The Morgan fingerprint density at radius 2 is 1.43 bits per heavy atom. The number of rotatable bonds is 4. The number of carbonyl (C=O) groups excluding carboxylic acids is 1. The van der Waals surface area contributed by atoms with Gasteiger partial charge >= 0.3 is 6.03 Å². The first-order valence-corrected chi connectivity index (χ1v) is 5.00. The number of carbonyl (C=O) groups is 1. The molecule has 0 saturated carbocycles. The lowest BCUT2D eigenvalue weighted by molar-refractivity contribution is 0.120. The number of aliphatic hydroxyl groups is 2. The van der Waals surface area contributed by atoms with Crippen molar-refractivity contribution in [3.05, 3.63) is 0 Å². The van der Waals surface area contributed by atoms with E-state index in [2.05, 4.69) is 0 Å². The Balaban J connectivity index is 2.87. The van der Waals surface area contributed by atoms with E-state index in [-0.39, 0.29) is 31.3 Å². The summed E-state index contributed by atoms with van der Waals surface area (Å²) in [7, 11) is 0. The second-order valence-corrected chi connectivity index (χ2v) is 3.35. The highest BCUT2D eigenvalue weighted by Gasteiger charge is 2.43. The van der Waals surface area contributed by atoms with Gasteiger partial charge in [-0.15, -0.1) is 0 Å². The average Bonchev–Trinajstić information content (AvgIpc) is 2.48. The fourth-order valence-electron chi connectivity index (χ4n) is 2.04. The highest BCUT2D eigenvalue weighted by atomic mass is 16.3. The molecule has 0 aromatic rings. The van der Waals surface area contributed by atoms with Gasteiger partial charge in [0.2, 0.25) is 0 Å². The summed E-state index contributed by atoms with van der Waals surface area (Å²) in [6, 6.07) is -0.622. The molecule has 2 atom stereocenters. The van der Waals surface area contributed by atoms with Gasteiger partial charge in [-0.2, -0.15) is 0 Å². The molecule has 1 heterocycles. The number of amides is 2. The SMILES string of the molecule is CCN1C(=O)N(CC)[C@H](CO)[C@H]1CO. The number of urea groups is 1. The lowest BCUT2D eigenvalue weighted by atomic mass is 10.1. The highest BCUT2D eigenvalue weighted by Crippen LogP contribution is 2.21. The number of aliphatic hydroxyl groups excluding tert-OH is 2.